The third-order valence-corrected chi connectivity index (χ3v) is 6.91. The Bertz CT molecular complexity index is 889. The van der Waals surface area contributed by atoms with Crippen LogP contribution in [0.15, 0.2) is 46.9 Å². The van der Waals surface area contributed by atoms with Crippen molar-refractivity contribution < 1.29 is 13.9 Å². The Hall–Kier alpha value is -1.63. The van der Waals surface area contributed by atoms with E-state index >= 15 is 0 Å². The molecule has 2 aromatic rings. The van der Waals surface area contributed by atoms with Crippen molar-refractivity contribution >= 4 is 33.6 Å². The van der Waals surface area contributed by atoms with Gasteiger partial charge in [-0.2, -0.15) is 0 Å². The first-order valence-electron chi connectivity index (χ1n) is 11.0. The van der Waals surface area contributed by atoms with E-state index in [0.29, 0.717) is 17.1 Å². The highest BCUT2D eigenvalue weighted by atomic mass is 79.9. The summed E-state index contributed by atoms with van der Waals surface area (Å²) >= 11 is 9.38. The number of hydrogen-bond donors (Lipinski definition) is 2. The van der Waals surface area contributed by atoms with Crippen LogP contribution in [-0.2, 0) is 4.74 Å². The largest absolute Gasteiger partial charge is 0.444 e. The van der Waals surface area contributed by atoms with Gasteiger partial charge in [0.1, 0.15) is 11.4 Å². The summed E-state index contributed by atoms with van der Waals surface area (Å²) in [5.41, 5.74) is 1.50. The molecule has 1 atom stereocenters. The maximum absolute atomic E-state index is 14.3. The predicted octanol–water partition coefficient (Wildman–Crippen LogP) is 6.80. The van der Waals surface area contributed by atoms with Crippen molar-refractivity contribution in [1.29, 1.82) is 0 Å². The van der Waals surface area contributed by atoms with Gasteiger partial charge in [0.25, 0.3) is 0 Å². The number of carbonyl (C=O) groups is 1. The summed E-state index contributed by atoms with van der Waals surface area (Å²) < 4.78 is 20.3. The van der Waals surface area contributed by atoms with Gasteiger partial charge >= 0.3 is 6.09 Å². The number of carbonyl (C=O) groups excluding carboxylic acids is 1. The van der Waals surface area contributed by atoms with Crippen LogP contribution in [0.5, 0.6) is 0 Å². The molecule has 3 rings (SSSR count). The van der Waals surface area contributed by atoms with E-state index in [-0.39, 0.29) is 23.1 Å². The number of ether oxygens (including phenoxy) is 1. The summed E-state index contributed by atoms with van der Waals surface area (Å²) in [6, 6.07) is 14.0. The Morgan fingerprint density at radius 1 is 1.12 bits per heavy atom. The van der Waals surface area contributed by atoms with E-state index < -0.39 is 11.4 Å². The van der Waals surface area contributed by atoms with Crippen molar-refractivity contribution in [2.75, 3.05) is 6.54 Å². The van der Waals surface area contributed by atoms with Crippen LogP contribution in [0.3, 0.4) is 0 Å². The third-order valence-electron chi connectivity index (χ3n) is 5.67. The summed E-state index contributed by atoms with van der Waals surface area (Å²) in [5.74, 6) is -0.428. The van der Waals surface area contributed by atoms with Gasteiger partial charge in [0.15, 0.2) is 0 Å². The molecule has 7 heteroatoms. The molecule has 32 heavy (non-hydrogen) atoms. The molecule has 0 radical (unpaired) electrons. The third kappa shape index (κ3) is 7.19. The Balaban J connectivity index is 1.60. The van der Waals surface area contributed by atoms with Gasteiger partial charge in [-0.15, -0.1) is 0 Å². The summed E-state index contributed by atoms with van der Waals surface area (Å²) in [7, 11) is 0. The molecule has 0 aromatic heterocycles. The lowest BCUT2D eigenvalue weighted by molar-refractivity contribution is 0.0490. The highest BCUT2D eigenvalue weighted by Crippen LogP contribution is 2.33. The van der Waals surface area contributed by atoms with Crippen LogP contribution in [-0.4, -0.2) is 30.3 Å². The average molecular weight is 526 g/mol. The molecule has 174 valence electrons. The molecule has 1 fully saturated rings. The minimum absolute atomic E-state index is 0.00289. The summed E-state index contributed by atoms with van der Waals surface area (Å²) in [4.78, 5) is 12.0. The minimum Gasteiger partial charge on any atom is -0.444 e. The molecular formula is C25H31BrClFN2O2. The fourth-order valence-electron chi connectivity index (χ4n) is 4.09. The Kier molecular flexibility index (Phi) is 8.59. The molecule has 1 unspecified atom stereocenters. The lowest BCUT2D eigenvalue weighted by Gasteiger charge is -2.31. The lowest BCUT2D eigenvalue weighted by atomic mass is 9.88. The first-order chi connectivity index (χ1) is 15.1. The number of amides is 1. The van der Waals surface area contributed by atoms with Crippen LogP contribution < -0.4 is 10.6 Å². The van der Waals surface area contributed by atoms with Crippen LogP contribution in [0.25, 0.3) is 0 Å². The molecule has 1 saturated carbocycles. The Labute approximate surface area is 203 Å². The number of halogens is 3. The topological polar surface area (TPSA) is 50.4 Å². The molecule has 2 aromatic carbocycles. The SMILES string of the molecule is CC(C)(C)OC(=O)NC1CCC(NCC(c2ccccc2)c2cc(F)c(Cl)c(Br)c2)CC1. The standard InChI is InChI=1S/C25H31BrClFN2O2/c1-25(2,3)32-24(31)30-19-11-9-18(10-12-19)29-15-20(16-7-5-4-6-8-16)17-13-21(26)23(27)22(28)14-17/h4-8,13-14,18-20,29H,9-12,15H2,1-3H3,(H,30,31). The van der Waals surface area contributed by atoms with Crippen molar-refractivity contribution in [3.8, 4) is 0 Å². The molecule has 0 bridgehead atoms. The second-order valence-electron chi connectivity index (χ2n) is 9.36. The summed E-state index contributed by atoms with van der Waals surface area (Å²) in [6.07, 6.45) is 3.36. The van der Waals surface area contributed by atoms with Crippen molar-refractivity contribution in [3.05, 3.63) is 68.9 Å². The van der Waals surface area contributed by atoms with E-state index in [1.165, 1.54) is 6.07 Å². The van der Waals surface area contributed by atoms with Gasteiger partial charge in [-0.25, -0.2) is 9.18 Å². The number of hydrogen-bond acceptors (Lipinski definition) is 3. The monoisotopic (exact) mass is 524 g/mol. The van der Waals surface area contributed by atoms with Crippen molar-refractivity contribution in [2.45, 2.75) is 70.1 Å². The van der Waals surface area contributed by atoms with Gasteiger partial charge < -0.3 is 15.4 Å². The molecule has 1 aliphatic carbocycles. The first-order valence-corrected chi connectivity index (χ1v) is 12.2. The zero-order chi connectivity index (χ0) is 23.3. The van der Waals surface area contributed by atoms with Crippen molar-refractivity contribution in [1.82, 2.24) is 10.6 Å². The number of benzene rings is 2. The Morgan fingerprint density at radius 2 is 1.75 bits per heavy atom. The molecule has 0 spiro atoms. The zero-order valence-electron chi connectivity index (χ0n) is 18.8. The zero-order valence-corrected chi connectivity index (χ0v) is 21.1. The molecule has 0 saturated heterocycles. The van der Waals surface area contributed by atoms with E-state index in [1.54, 1.807) is 0 Å². The molecule has 2 N–H and O–H groups in total. The van der Waals surface area contributed by atoms with Gasteiger partial charge in [-0.1, -0.05) is 41.9 Å². The van der Waals surface area contributed by atoms with Crippen molar-refractivity contribution in [2.24, 2.45) is 0 Å². The van der Waals surface area contributed by atoms with E-state index in [1.807, 2.05) is 45.0 Å². The fraction of sp³-hybridized carbons (Fsp3) is 0.480. The smallest absolute Gasteiger partial charge is 0.407 e. The quantitative estimate of drug-likeness (QED) is 0.408. The van der Waals surface area contributed by atoms with Gasteiger partial charge in [0.2, 0.25) is 0 Å². The molecular weight excluding hydrogens is 495 g/mol. The lowest BCUT2D eigenvalue weighted by Crippen LogP contribution is -2.44. The maximum atomic E-state index is 14.3. The summed E-state index contributed by atoms with van der Waals surface area (Å²) in [6.45, 7) is 6.28. The summed E-state index contributed by atoms with van der Waals surface area (Å²) in [5, 5.41) is 6.75. The van der Waals surface area contributed by atoms with Gasteiger partial charge in [0.05, 0.1) is 5.02 Å². The molecule has 1 amide bonds. The second-order valence-corrected chi connectivity index (χ2v) is 10.6. The first kappa shape index (κ1) is 25.0. The van der Waals surface area contributed by atoms with Crippen LogP contribution in [0.2, 0.25) is 5.02 Å². The van der Waals surface area contributed by atoms with E-state index in [2.05, 4.69) is 38.7 Å². The van der Waals surface area contributed by atoms with E-state index in [9.17, 15) is 9.18 Å². The fourth-order valence-corrected chi connectivity index (χ4v) is 4.65. The van der Waals surface area contributed by atoms with Crippen molar-refractivity contribution in [3.63, 3.8) is 0 Å². The van der Waals surface area contributed by atoms with Crippen LogP contribution in [0.1, 0.15) is 63.5 Å². The minimum atomic E-state index is -0.495. The average Bonchev–Trinajstić information content (AvgIpc) is 2.72. The second kappa shape index (κ2) is 11.0. The van der Waals surface area contributed by atoms with Crippen LogP contribution >= 0.6 is 27.5 Å². The highest BCUT2D eigenvalue weighted by Gasteiger charge is 2.26. The van der Waals surface area contributed by atoms with Gasteiger partial charge in [0, 0.05) is 29.0 Å². The number of alkyl carbamates (subject to hydrolysis) is 1. The van der Waals surface area contributed by atoms with E-state index in [0.717, 1.165) is 36.8 Å². The Morgan fingerprint density at radius 3 is 2.34 bits per heavy atom. The number of rotatable bonds is 6. The maximum Gasteiger partial charge on any atom is 0.407 e. The molecule has 4 nitrogen and oxygen atoms in total. The molecule has 1 aliphatic rings. The molecule has 0 aliphatic heterocycles. The number of nitrogens with one attached hydrogen (secondary N) is 2. The molecule has 0 heterocycles. The predicted molar refractivity (Wildman–Crippen MR) is 131 cm³/mol. The highest BCUT2D eigenvalue weighted by molar-refractivity contribution is 9.10. The van der Waals surface area contributed by atoms with Crippen LogP contribution in [0, 0.1) is 5.82 Å². The van der Waals surface area contributed by atoms with Gasteiger partial charge in [-0.3, -0.25) is 0 Å². The van der Waals surface area contributed by atoms with Gasteiger partial charge in [-0.05, 0) is 85.6 Å². The van der Waals surface area contributed by atoms with Crippen LogP contribution in [0.4, 0.5) is 9.18 Å². The van der Waals surface area contributed by atoms with E-state index in [4.69, 9.17) is 16.3 Å². The normalized spacial score (nSPS) is 19.9.